The van der Waals surface area contributed by atoms with E-state index in [0.717, 1.165) is 27.4 Å². The van der Waals surface area contributed by atoms with Crippen molar-refractivity contribution in [3.05, 3.63) is 60.2 Å². The largest absolute Gasteiger partial charge is 0.506 e. The molecule has 0 bridgehead atoms. The van der Waals surface area contributed by atoms with Gasteiger partial charge < -0.3 is 9.84 Å². The number of hydrogen-bond donors (Lipinski definition) is 1. The third-order valence-corrected chi connectivity index (χ3v) is 4.35. The fourth-order valence-electron chi connectivity index (χ4n) is 2.94. The summed E-state index contributed by atoms with van der Waals surface area (Å²) in [6.45, 7) is 0. The summed E-state index contributed by atoms with van der Waals surface area (Å²) in [5.41, 5.74) is 2.88. The second-order valence-electron chi connectivity index (χ2n) is 6.08. The summed E-state index contributed by atoms with van der Waals surface area (Å²) in [7, 11) is 1.37. The minimum Gasteiger partial charge on any atom is -0.506 e. The predicted octanol–water partition coefficient (Wildman–Crippen LogP) is 3.38. The van der Waals surface area contributed by atoms with Crippen LogP contribution in [-0.2, 0) is 16.0 Å². The van der Waals surface area contributed by atoms with Gasteiger partial charge in [0.1, 0.15) is 22.5 Å². The number of carbonyl (C=O) groups excluding carboxylic acids is 1. The Bertz CT molecular complexity index is 1070. The molecule has 0 amide bonds. The standard InChI is InChI=1S/C20H17N3O3/c1-26-20(25)9-7-13-6-8-19(24)18(10-13)23-21-16-11-14-4-2-3-5-15(14)12-17(16)22-23/h2-6,8,10-12,24H,7,9H2,1H3. The maximum Gasteiger partial charge on any atom is 0.305 e. The lowest BCUT2D eigenvalue weighted by atomic mass is 10.1. The van der Waals surface area contributed by atoms with E-state index in [-0.39, 0.29) is 18.1 Å². The Hall–Kier alpha value is -3.41. The fourth-order valence-corrected chi connectivity index (χ4v) is 2.94. The summed E-state index contributed by atoms with van der Waals surface area (Å²) in [6, 6.07) is 17.1. The van der Waals surface area contributed by atoms with E-state index in [0.29, 0.717) is 12.1 Å². The van der Waals surface area contributed by atoms with Crippen molar-refractivity contribution in [3.63, 3.8) is 0 Å². The van der Waals surface area contributed by atoms with Crippen LogP contribution in [0.25, 0.3) is 27.5 Å². The normalized spacial score (nSPS) is 11.1. The van der Waals surface area contributed by atoms with Crippen LogP contribution >= 0.6 is 0 Å². The number of phenolic OH excluding ortho intramolecular Hbond substituents is 1. The molecule has 0 aliphatic heterocycles. The van der Waals surface area contributed by atoms with Crippen LogP contribution in [0.4, 0.5) is 0 Å². The zero-order valence-electron chi connectivity index (χ0n) is 14.2. The van der Waals surface area contributed by atoms with Crippen LogP contribution in [0.3, 0.4) is 0 Å². The van der Waals surface area contributed by atoms with Crippen molar-refractivity contribution in [2.24, 2.45) is 0 Å². The number of phenols is 1. The number of ether oxygens (including phenoxy) is 1. The highest BCUT2D eigenvalue weighted by Crippen LogP contribution is 2.25. The Labute approximate surface area is 149 Å². The van der Waals surface area contributed by atoms with Gasteiger partial charge in [-0.1, -0.05) is 30.3 Å². The molecule has 6 nitrogen and oxygen atoms in total. The minimum atomic E-state index is -0.269. The lowest BCUT2D eigenvalue weighted by Gasteiger charge is -2.06. The Morgan fingerprint density at radius 1 is 1.04 bits per heavy atom. The second-order valence-corrected chi connectivity index (χ2v) is 6.08. The van der Waals surface area contributed by atoms with E-state index in [1.807, 2.05) is 36.4 Å². The molecule has 0 spiro atoms. The highest BCUT2D eigenvalue weighted by atomic mass is 16.5. The number of nitrogens with zero attached hydrogens (tertiary/aromatic N) is 3. The van der Waals surface area contributed by atoms with E-state index in [2.05, 4.69) is 14.9 Å². The number of aromatic hydroxyl groups is 1. The van der Waals surface area contributed by atoms with Gasteiger partial charge in [0.2, 0.25) is 0 Å². The van der Waals surface area contributed by atoms with Crippen molar-refractivity contribution >= 4 is 27.8 Å². The van der Waals surface area contributed by atoms with Gasteiger partial charge in [0.15, 0.2) is 0 Å². The molecule has 0 fully saturated rings. The summed E-state index contributed by atoms with van der Waals surface area (Å²) >= 11 is 0. The topological polar surface area (TPSA) is 77.2 Å². The van der Waals surface area contributed by atoms with Gasteiger partial charge in [0.05, 0.1) is 7.11 Å². The van der Waals surface area contributed by atoms with Crippen molar-refractivity contribution in [2.75, 3.05) is 7.11 Å². The van der Waals surface area contributed by atoms with Crippen molar-refractivity contribution in [1.29, 1.82) is 0 Å². The summed E-state index contributed by atoms with van der Waals surface area (Å²) in [5.74, 6) is -0.189. The van der Waals surface area contributed by atoms with E-state index in [4.69, 9.17) is 0 Å². The van der Waals surface area contributed by atoms with E-state index in [9.17, 15) is 9.90 Å². The first-order valence-electron chi connectivity index (χ1n) is 8.29. The van der Waals surface area contributed by atoms with E-state index in [1.54, 1.807) is 18.2 Å². The van der Waals surface area contributed by atoms with Gasteiger partial charge in [-0.15, -0.1) is 15.0 Å². The highest BCUT2D eigenvalue weighted by Gasteiger charge is 2.11. The first-order valence-corrected chi connectivity index (χ1v) is 8.29. The number of benzene rings is 3. The third-order valence-electron chi connectivity index (χ3n) is 4.35. The summed E-state index contributed by atoms with van der Waals surface area (Å²) in [4.78, 5) is 12.8. The van der Waals surface area contributed by atoms with Gasteiger partial charge in [-0.25, -0.2) is 0 Å². The van der Waals surface area contributed by atoms with Crippen molar-refractivity contribution in [2.45, 2.75) is 12.8 Å². The van der Waals surface area contributed by atoms with Gasteiger partial charge in [-0.3, -0.25) is 4.79 Å². The Morgan fingerprint density at radius 3 is 2.31 bits per heavy atom. The van der Waals surface area contributed by atoms with Gasteiger partial charge >= 0.3 is 5.97 Å². The number of methoxy groups -OCH3 is 1. The van der Waals surface area contributed by atoms with Crippen LogP contribution in [0, 0.1) is 0 Å². The number of rotatable bonds is 4. The van der Waals surface area contributed by atoms with Crippen LogP contribution in [0.1, 0.15) is 12.0 Å². The molecule has 1 aromatic heterocycles. The Morgan fingerprint density at radius 2 is 1.69 bits per heavy atom. The van der Waals surface area contributed by atoms with Crippen molar-refractivity contribution in [1.82, 2.24) is 15.0 Å². The zero-order valence-corrected chi connectivity index (χ0v) is 14.2. The average molecular weight is 347 g/mol. The van der Waals surface area contributed by atoms with Gasteiger partial charge in [-0.2, -0.15) is 0 Å². The third kappa shape index (κ3) is 2.97. The first kappa shape index (κ1) is 16.1. The zero-order chi connectivity index (χ0) is 18.1. The number of carbonyl (C=O) groups is 1. The number of fused-ring (bicyclic) bond motifs is 2. The SMILES string of the molecule is COC(=O)CCc1ccc(O)c(-n2nc3cc4ccccc4cc3n2)c1. The fraction of sp³-hybridized carbons (Fsp3) is 0.150. The molecule has 3 aromatic carbocycles. The predicted molar refractivity (Wildman–Crippen MR) is 98.4 cm³/mol. The Balaban J connectivity index is 1.74. The second kappa shape index (κ2) is 6.48. The quantitative estimate of drug-likeness (QED) is 0.573. The number of esters is 1. The molecule has 130 valence electrons. The number of aromatic nitrogens is 3. The molecule has 4 aromatic rings. The van der Waals surface area contributed by atoms with Gasteiger partial charge in [0, 0.05) is 6.42 Å². The van der Waals surface area contributed by atoms with Crippen LogP contribution in [0.2, 0.25) is 0 Å². The highest BCUT2D eigenvalue weighted by molar-refractivity contribution is 5.94. The number of hydrogen-bond acceptors (Lipinski definition) is 5. The summed E-state index contributed by atoms with van der Waals surface area (Å²) < 4.78 is 4.67. The van der Waals surface area contributed by atoms with Gasteiger partial charge in [-0.05, 0) is 47.0 Å². The van der Waals surface area contributed by atoms with Gasteiger partial charge in [0.25, 0.3) is 0 Å². The smallest absolute Gasteiger partial charge is 0.305 e. The minimum absolute atomic E-state index is 0.0803. The van der Waals surface area contributed by atoms with Crippen LogP contribution in [-0.4, -0.2) is 33.2 Å². The maximum atomic E-state index is 11.3. The molecule has 0 atom stereocenters. The maximum absolute atomic E-state index is 11.3. The molecule has 1 heterocycles. The van der Waals surface area contributed by atoms with Crippen LogP contribution in [0.5, 0.6) is 5.75 Å². The lowest BCUT2D eigenvalue weighted by Crippen LogP contribution is -2.03. The molecule has 0 aliphatic rings. The summed E-state index contributed by atoms with van der Waals surface area (Å²) in [5, 5.41) is 21.4. The van der Waals surface area contributed by atoms with E-state index >= 15 is 0 Å². The van der Waals surface area contributed by atoms with Crippen molar-refractivity contribution < 1.29 is 14.6 Å². The molecule has 0 aliphatic carbocycles. The molecule has 0 radical (unpaired) electrons. The average Bonchev–Trinajstić information content (AvgIpc) is 3.07. The molecular formula is C20H17N3O3. The number of aryl methyl sites for hydroxylation is 1. The molecule has 4 rings (SSSR count). The molecular weight excluding hydrogens is 330 g/mol. The van der Waals surface area contributed by atoms with E-state index < -0.39 is 0 Å². The molecule has 6 heteroatoms. The monoisotopic (exact) mass is 347 g/mol. The molecule has 0 unspecified atom stereocenters. The van der Waals surface area contributed by atoms with Crippen LogP contribution < -0.4 is 0 Å². The molecule has 26 heavy (non-hydrogen) atoms. The Kier molecular flexibility index (Phi) is 4.01. The molecule has 1 N–H and O–H groups in total. The molecule has 0 saturated heterocycles. The first-order chi connectivity index (χ1) is 12.6. The van der Waals surface area contributed by atoms with E-state index in [1.165, 1.54) is 11.9 Å². The van der Waals surface area contributed by atoms with Crippen molar-refractivity contribution in [3.8, 4) is 11.4 Å². The summed E-state index contributed by atoms with van der Waals surface area (Å²) in [6.07, 6.45) is 0.797. The molecule has 0 saturated carbocycles. The van der Waals surface area contributed by atoms with Crippen LogP contribution in [0.15, 0.2) is 54.6 Å². The lowest BCUT2D eigenvalue weighted by molar-refractivity contribution is -0.140.